The van der Waals surface area contributed by atoms with Crippen LogP contribution in [0.5, 0.6) is 0 Å². The van der Waals surface area contributed by atoms with Crippen LogP contribution in [0.1, 0.15) is 29.1 Å². The second-order valence-corrected chi connectivity index (χ2v) is 6.73. The summed E-state index contributed by atoms with van der Waals surface area (Å²) in [6.45, 7) is 1.50. The molecule has 152 valence electrons. The molecule has 29 heavy (non-hydrogen) atoms. The zero-order valence-corrected chi connectivity index (χ0v) is 16.5. The fourth-order valence-corrected chi connectivity index (χ4v) is 3.26. The van der Waals surface area contributed by atoms with Crippen LogP contribution in [0.2, 0.25) is 0 Å². The number of aromatic nitrogens is 2. The van der Waals surface area contributed by atoms with Crippen LogP contribution in [-0.4, -0.2) is 40.2 Å². The number of pyridine rings is 1. The molecule has 4 rings (SSSR count). The largest absolute Gasteiger partial charge is 0.376 e. The Labute approximate surface area is 174 Å². The lowest BCUT2D eigenvalue weighted by molar-refractivity contribution is 0.0474. The molecule has 2 aromatic heterocycles. The number of carbonyl (C=O) groups excluding carboxylic acids is 1. The van der Waals surface area contributed by atoms with Gasteiger partial charge in [-0.05, 0) is 37.1 Å². The quantitative estimate of drug-likeness (QED) is 0.603. The molecule has 1 saturated heterocycles. The van der Waals surface area contributed by atoms with E-state index in [0.29, 0.717) is 31.0 Å². The van der Waals surface area contributed by atoms with Crippen LogP contribution in [0.25, 0.3) is 11.3 Å². The second kappa shape index (κ2) is 9.62. The summed E-state index contributed by atoms with van der Waals surface area (Å²) in [6.07, 6.45) is 3.60. The molecule has 0 aliphatic carbocycles. The Bertz CT molecular complexity index is 945. The van der Waals surface area contributed by atoms with Gasteiger partial charge in [-0.2, -0.15) is 0 Å². The molecule has 6 nitrogen and oxygen atoms in total. The molecule has 0 spiro atoms. The van der Waals surface area contributed by atoms with Crippen LogP contribution in [0.4, 0.5) is 4.39 Å². The highest BCUT2D eigenvalue weighted by Crippen LogP contribution is 2.22. The summed E-state index contributed by atoms with van der Waals surface area (Å²) >= 11 is 0. The molecular weight excluding hydrogens is 397 g/mol. The van der Waals surface area contributed by atoms with Crippen LogP contribution in [0.3, 0.4) is 0 Å². The van der Waals surface area contributed by atoms with Crippen molar-refractivity contribution in [2.24, 2.45) is 0 Å². The number of amides is 1. The Morgan fingerprint density at radius 1 is 1.21 bits per heavy atom. The predicted molar refractivity (Wildman–Crippen MR) is 107 cm³/mol. The summed E-state index contributed by atoms with van der Waals surface area (Å²) < 4.78 is 24.4. The number of carbonyl (C=O) groups is 1. The van der Waals surface area contributed by atoms with E-state index < -0.39 is 0 Å². The first-order chi connectivity index (χ1) is 13.7. The molecule has 3 heterocycles. The van der Waals surface area contributed by atoms with Gasteiger partial charge < -0.3 is 14.2 Å². The van der Waals surface area contributed by atoms with E-state index in [1.165, 1.54) is 18.2 Å². The van der Waals surface area contributed by atoms with Crippen molar-refractivity contribution < 1.29 is 18.4 Å². The first-order valence-electron chi connectivity index (χ1n) is 9.22. The lowest BCUT2D eigenvalue weighted by Gasteiger charge is -2.24. The lowest BCUT2D eigenvalue weighted by Crippen LogP contribution is -2.37. The molecule has 0 saturated carbocycles. The van der Waals surface area contributed by atoms with Crippen LogP contribution in [0.15, 0.2) is 59.3 Å². The van der Waals surface area contributed by atoms with Crippen LogP contribution >= 0.6 is 12.4 Å². The van der Waals surface area contributed by atoms with Gasteiger partial charge in [0, 0.05) is 31.0 Å². The third kappa shape index (κ3) is 5.19. The van der Waals surface area contributed by atoms with Crippen molar-refractivity contribution in [2.45, 2.75) is 25.5 Å². The lowest BCUT2D eigenvalue weighted by atomic mass is 10.1. The van der Waals surface area contributed by atoms with Crippen molar-refractivity contribution in [3.8, 4) is 11.3 Å². The maximum atomic E-state index is 13.5. The van der Waals surface area contributed by atoms with Crippen LogP contribution in [-0.2, 0) is 11.3 Å². The normalized spacial score (nSPS) is 15.7. The first-order valence-corrected chi connectivity index (χ1v) is 9.22. The zero-order valence-electron chi connectivity index (χ0n) is 15.7. The highest BCUT2D eigenvalue weighted by molar-refractivity contribution is 5.92. The molecule has 1 aliphatic rings. The molecule has 3 aromatic rings. The monoisotopic (exact) mass is 417 g/mol. The van der Waals surface area contributed by atoms with E-state index in [4.69, 9.17) is 9.26 Å². The smallest absolute Gasteiger partial charge is 0.292 e. The van der Waals surface area contributed by atoms with Crippen molar-refractivity contribution in [1.82, 2.24) is 15.0 Å². The standard InChI is InChI=1S/C21H20FN3O3.ClH/c22-16-6-3-5-15(11-16)19-12-20(28-24-19)21(26)25(14-18-8-4-10-27-18)13-17-7-1-2-9-23-17;/h1-3,5-7,9,11-12,18H,4,8,10,13-14H2;1H. The van der Waals surface area contributed by atoms with Gasteiger partial charge in [-0.3, -0.25) is 9.78 Å². The van der Waals surface area contributed by atoms with Gasteiger partial charge in [-0.15, -0.1) is 12.4 Å². The number of benzene rings is 1. The molecule has 8 heteroatoms. The van der Waals surface area contributed by atoms with Crippen molar-refractivity contribution in [1.29, 1.82) is 0 Å². The Morgan fingerprint density at radius 2 is 2.10 bits per heavy atom. The molecule has 1 aromatic carbocycles. The number of hydrogen-bond donors (Lipinski definition) is 0. The summed E-state index contributed by atoms with van der Waals surface area (Å²) in [4.78, 5) is 19.1. The van der Waals surface area contributed by atoms with Crippen molar-refractivity contribution in [3.05, 3.63) is 72.0 Å². The summed E-state index contributed by atoms with van der Waals surface area (Å²) in [6, 6.07) is 13.1. The second-order valence-electron chi connectivity index (χ2n) is 6.73. The van der Waals surface area contributed by atoms with Gasteiger partial charge in [-0.1, -0.05) is 23.4 Å². The Morgan fingerprint density at radius 3 is 2.83 bits per heavy atom. The molecule has 0 N–H and O–H groups in total. The summed E-state index contributed by atoms with van der Waals surface area (Å²) in [7, 11) is 0. The van der Waals surface area contributed by atoms with E-state index in [9.17, 15) is 9.18 Å². The number of ether oxygens (including phenoxy) is 1. The number of nitrogens with zero attached hydrogens (tertiary/aromatic N) is 3. The maximum Gasteiger partial charge on any atom is 0.292 e. The number of rotatable bonds is 6. The number of hydrogen-bond acceptors (Lipinski definition) is 5. The molecule has 1 atom stereocenters. The molecule has 0 bridgehead atoms. The van der Waals surface area contributed by atoms with E-state index >= 15 is 0 Å². The van der Waals surface area contributed by atoms with Gasteiger partial charge in [0.2, 0.25) is 5.76 Å². The zero-order chi connectivity index (χ0) is 19.3. The topological polar surface area (TPSA) is 68.5 Å². The van der Waals surface area contributed by atoms with Crippen molar-refractivity contribution in [3.63, 3.8) is 0 Å². The van der Waals surface area contributed by atoms with Crippen LogP contribution in [0, 0.1) is 5.82 Å². The van der Waals surface area contributed by atoms with E-state index in [0.717, 1.165) is 18.5 Å². The van der Waals surface area contributed by atoms with Gasteiger partial charge in [0.25, 0.3) is 5.91 Å². The van der Waals surface area contributed by atoms with E-state index in [-0.39, 0.29) is 36.0 Å². The molecule has 1 unspecified atom stereocenters. The molecule has 1 amide bonds. The molecular formula is C21H21ClFN3O3. The maximum absolute atomic E-state index is 13.5. The van der Waals surface area contributed by atoms with Gasteiger partial charge in [0.05, 0.1) is 18.3 Å². The molecule has 1 fully saturated rings. The summed E-state index contributed by atoms with van der Waals surface area (Å²) in [5.41, 5.74) is 1.75. The highest BCUT2D eigenvalue weighted by Gasteiger charge is 2.26. The van der Waals surface area contributed by atoms with Gasteiger partial charge >= 0.3 is 0 Å². The van der Waals surface area contributed by atoms with Gasteiger partial charge in [0.1, 0.15) is 11.5 Å². The minimum Gasteiger partial charge on any atom is -0.376 e. The fraction of sp³-hybridized carbons (Fsp3) is 0.286. The van der Waals surface area contributed by atoms with Crippen molar-refractivity contribution in [2.75, 3.05) is 13.2 Å². The SMILES string of the molecule is Cl.O=C(c1cc(-c2cccc(F)c2)no1)N(Cc1ccccn1)CC1CCCO1. The Kier molecular flexibility index (Phi) is 6.95. The minimum absolute atomic E-state index is 0. The van der Waals surface area contributed by atoms with Gasteiger partial charge in [-0.25, -0.2) is 4.39 Å². The third-order valence-corrected chi connectivity index (χ3v) is 4.66. The molecule has 1 aliphatic heterocycles. The van der Waals surface area contributed by atoms with Gasteiger partial charge in [0.15, 0.2) is 0 Å². The van der Waals surface area contributed by atoms with E-state index in [1.54, 1.807) is 23.2 Å². The van der Waals surface area contributed by atoms with E-state index in [2.05, 4.69) is 10.1 Å². The number of halogens is 2. The van der Waals surface area contributed by atoms with Crippen LogP contribution < -0.4 is 0 Å². The predicted octanol–water partition coefficient (Wildman–Crippen LogP) is 4.12. The average Bonchev–Trinajstić information content (AvgIpc) is 3.40. The molecule has 0 radical (unpaired) electrons. The average molecular weight is 418 g/mol. The third-order valence-electron chi connectivity index (χ3n) is 4.66. The Hall–Kier alpha value is -2.77. The fourth-order valence-electron chi connectivity index (χ4n) is 3.26. The highest BCUT2D eigenvalue weighted by atomic mass is 35.5. The van der Waals surface area contributed by atoms with Crippen molar-refractivity contribution >= 4 is 18.3 Å². The summed E-state index contributed by atoms with van der Waals surface area (Å²) in [5, 5.41) is 3.93. The first kappa shape index (κ1) is 21.0. The Balaban J connectivity index is 0.00000240. The van der Waals surface area contributed by atoms with E-state index in [1.807, 2.05) is 18.2 Å². The minimum atomic E-state index is -0.372. The summed E-state index contributed by atoms with van der Waals surface area (Å²) in [5.74, 6) is -0.562.